The number of carboxylic acids is 4. The number of carboxylic acid groups (broad SMARTS) is 4. The highest BCUT2D eigenvalue weighted by Gasteiger charge is 2.58. The monoisotopic (exact) mass is 750 g/mol. The summed E-state index contributed by atoms with van der Waals surface area (Å²) in [6.07, 6.45) is -43.0. The highest BCUT2D eigenvalue weighted by Crippen LogP contribution is 2.35. The molecule has 4 fully saturated rings. The van der Waals surface area contributed by atoms with Crippen LogP contribution in [0.5, 0.6) is 0 Å². The van der Waals surface area contributed by atoms with E-state index in [2.05, 4.69) is 0 Å². The fraction of sp³-hybridized carbons (Fsp3) is 0.846. The summed E-state index contributed by atoms with van der Waals surface area (Å²) in [6.45, 7) is 0. The minimum absolute atomic E-state index is 1.000. The van der Waals surface area contributed by atoms with Crippen molar-refractivity contribution in [2.24, 2.45) is 0 Å². The number of rotatable bonds is 12. The number of hydrogen-bond donors (Lipinski definition) is 12. The van der Waals surface area contributed by atoms with E-state index in [1.165, 1.54) is 0 Å². The lowest BCUT2D eigenvalue weighted by Crippen LogP contribution is -2.68. The fourth-order valence-corrected chi connectivity index (χ4v) is 5.86. The first-order valence-electron chi connectivity index (χ1n) is 14.9. The third-order valence-electron chi connectivity index (χ3n) is 8.53. The van der Waals surface area contributed by atoms with E-state index in [1.54, 1.807) is 0 Å². The van der Waals surface area contributed by atoms with Gasteiger partial charge in [0.25, 0.3) is 0 Å². The van der Waals surface area contributed by atoms with Crippen LogP contribution in [0.25, 0.3) is 0 Å². The molecule has 4 rings (SSSR count). The summed E-state index contributed by atoms with van der Waals surface area (Å²) < 4.78 is 46.0. The minimum Gasteiger partial charge on any atom is -0.479 e. The minimum atomic E-state index is -2.40. The van der Waals surface area contributed by atoms with Gasteiger partial charge in [0.1, 0.15) is 73.2 Å². The molecule has 0 bridgehead atoms. The molecule has 0 spiro atoms. The molecule has 4 heterocycles. The Balaban J connectivity index is 1.51. The first kappa shape index (κ1) is 41.0. The molecule has 0 aromatic carbocycles. The molecule has 0 radical (unpaired) electrons. The molecular formula is C26H38O25. The van der Waals surface area contributed by atoms with Gasteiger partial charge in [-0.2, -0.15) is 0 Å². The van der Waals surface area contributed by atoms with Crippen LogP contribution in [0.2, 0.25) is 0 Å². The lowest BCUT2D eigenvalue weighted by molar-refractivity contribution is -0.378. The summed E-state index contributed by atoms with van der Waals surface area (Å²) in [5.74, 6) is -7.32. The molecule has 9 unspecified atom stereocenters. The van der Waals surface area contributed by atoms with Crippen LogP contribution >= 0.6 is 0 Å². The Kier molecular flexibility index (Phi) is 13.2. The van der Waals surface area contributed by atoms with Gasteiger partial charge < -0.3 is 104 Å². The van der Waals surface area contributed by atoms with E-state index in [9.17, 15) is 80.5 Å². The number of hydrogen-bond acceptors (Lipinski definition) is 21. The third kappa shape index (κ3) is 8.09. The van der Waals surface area contributed by atoms with Crippen LogP contribution in [0.4, 0.5) is 0 Å². The van der Waals surface area contributed by atoms with E-state index in [1.807, 2.05) is 0 Å². The third-order valence-corrected chi connectivity index (χ3v) is 8.53. The predicted molar refractivity (Wildman–Crippen MR) is 146 cm³/mol. The fourth-order valence-electron chi connectivity index (χ4n) is 5.86. The Morgan fingerprint density at radius 2 is 0.608 bits per heavy atom. The second kappa shape index (κ2) is 16.5. The number of aliphatic hydroxyl groups excluding tert-OH is 8. The Bertz CT molecular complexity index is 1250. The van der Waals surface area contributed by atoms with Gasteiger partial charge in [-0.25, -0.2) is 19.2 Å². The van der Waals surface area contributed by atoms with Crippen molar-refractivity contribution in [3.05, 3.63) is 0 Å². The summed E-state index contributed by atoms with van der Waals surface area (Å²) in [4.78, 5) is 47.8. The first-order valence-corrected chi connectivity index (χ1v) is 14.9. The Morgan fingerprint density at radius 1 is 0.373 bits per heavy atom. The second-order valence-electron chi connectivity index (χ2n) is 11.7. The molecule has 0 saturated carbocycles. The summed E-state index contributed by atoms with van der Waals surface area (Å²) in [6, 6.07) is 0. The molecule has 4 aliphatic rings. The van der Waals surface area contributed by atoms with Crippen molar-refractivity contribution in [1.29, 1.82) is 0 Å². The second-order valence-corrected chi connectivity index (χ2v) is 11.7. The average Bonchev–Trinajstić information content (AvgIpc) is 3.07. The van der Waals surface area contributed by atoms with Crippen molar-refractivity contribution in [3.8, 4) is 0 Å². The van der Waals surface area contributed by atoms with Crippen molar-refractivity contribution in [3.63, 3.8) is 0 Å². The molecule has 4 aliphatic heterocycles. The molecule has 0 aromatic rings. The van der Waals surface area contributed by atoms with Gasteiger partial charge in [-0.05, 0) is 0 Å². The van der Waals surface area contributed by atoms with Crippen LogP contribution in [0, 0.1) is 0 Å². The summed E-state index contributed by atoms with van der Waals surface area (Å²) in [7, 11) is 2.02. The molecule has 12 N–H and O–H groups in total. The van der Waals surface area contributed by atoms with E-state index in [-0.39, 0.29) is 0 Å². The van der Waals surface area contributed by atoms with Gasteiger partial charge >= 0.3 is 23.9 Å². The lowest BCUT2D eigenvalue weighted by atomic mass is 9.95. The molecule has 0 aromatic heterocycles. The van der Waals surface area contributed by atoms with Crippen LogP contribution in [-0.4, -0.2) is 222 Å². The standard InChI is InChI=1S/C26H38O25/c1-43-11-3(27)8(32)24(49-15(11)19(35)36)46-13-5(29)10(34)26(51-17(13)21(39)40)47-14-6(30)9(33)25(50-18(14)22(41)42)45-12-4(28)7(31)23(44-2)48-16(12)20(37)38/h3-18,23-34H,1-2H3,(H,35,36)(H,37,38)(H,39,40)(H,41,42)/t3?,4?,5?,6?,7?,8-,9+,10?,11-,12-,13-,14-,15?,16+,17+,18?,23+,24+,25+,26?/m0/s1. The zero-order valence-corrected chi connectivity index (χ0v) is 26.2. The highest BCUT2D eigenvalue weighted by molar-refractivity contribution is 5.75. The van der Waals surface area contributed by atoms with Crippen molar-refractivity contribution >= 4 is 23.9 Å². The van der Waals surface area contributed by atoms with E-state index in [4.69, 9.17) is 42.6 Å². The van der Waals surface area contributed by atoms with Gasteiger partial charge in [0, 0.05) is 14.2 Å². The molecule has 20 atom stereocenters. The SMILES string of the molecule is CO[C@@H]1O[C@@H](C(=O)O)[C@@H](O[C@@H]2OC(C(=O)O)[C@@H](OC3O[C@@H](C(=O)O)[C@@H](O[C@@H]4OC(C(=O)O)[C@@H](OC)C(O)[C@@H]4O)C(O)C3O)C(O)[C@H]2O)C(O)C1O. The number of carbonyl (C=O) groups is 4. The Labute approximate surface area is 284 Å². The van der Waals surface area contributed by atoms with Gasteiger partial charge in [-0.3, -0.25) is 0 Å². The van der Waals surface area contributed by atoms with Crippen LogP contribution < -0.4 is 0 Å². The smallest absolute Gasteiger partial charge is 0.335 e. The van der Waals surface area contributed by atoms with Crippen molar-refractivity contribution in [2.75, 3.05) is 14.2 Å². The molecule has 25 heteroatoms. The molecule has 0 aliphatic carbocycles. The normalized spacial score (nSPS) is 47.7. The van der Waals surface area contributed by atoms with E-state index in [0.717, 1.165) is 14.2 Å². The lowest BCUT2D eigenvalue weighted by Gasteiger charge is -2.48. The average molecular weight is 751 g/mol. The van der Waals surface area contributed by atoms with E-state index >= 15 is 0 Å². The molecule has 0 amide bonds. The van der Waals surface area contributed by atoms with Crippen molar-refractivity contribution in [1.82, 2.24) is 0 Å². The van der Waals surface area contributed by atoms with E-state index in [0.29, 0.717) is 0 Å². The number of ether oxygens (including phenoxy) is 9. The van der Waals surface area contributed by atoms with Gasteiger partial charge in [0.2, 0.25) is 0 Å². The first-order chi connectivity index (χ1) is 23.9. The summed E-state index contributed by atoms with van der Waals surface area (Å²) in [5.41, 5.74) is 0. The maximum absolute atomic E-state index is 12.2. The predicted octanol–water partition coefficient (Wildman–Crippen LogP) is -8.07. The van der Waals surface area contributed by atoms with Crippen molar-refractivity contribution < 1.29 is 123 Å². The molecule has 25 nitrogen and oxygen atoms in total. The topological polar surface area (TPSA) is 394 Å². The zero-order valence-electron chi connectivity index (χ0n) is 26.2. The largest absolute Gasteiger partial charge is 0.479 e. The zero-order chi connectivity index (χ0) is 38.2. The molecule has 51 heavy (non-hydrogen) atoms. The number of aliphatic hydroxyl groups is 8. The molecule has 4 saturated heterocycles. The van der Waals surface area contributed by atoms with E-state index < -0.39 is 147 Å². The van der Waals surface area contributed by atoms with Crippen LogP contribution in [-0.2, 0) is 61.8 Å². The van der Waals surface area contributed by atoms with Crippen LogP contribution in [0.15, 0.2) is 0 Å². The Morgan fingerprint density at radius 3 is 0.863 bits per heavy atom. The maximum atomic E-state index is 12.2. The number of aliphatic carboxylic acids is 4. The van der Waals surface area contributed by atoms with Crippen molar-refractivity contribution in [2.45, 2.75) is 123 Å². The van der Waals surface area contributed by atoms with Gasteiger partial charge in [-0.15, -0.1) is 0 Å². The molecule has 292 valence electrons. The quantitative estimate of drug-likeness (QED) is 0.0881. The van der Waals surface area contributed by atoms with Crippen LogP contribution in [0.1, 0.15) is 0 Å². The Hall–Kier alpha value is -2.80. The van der Waals surface area contributed by atoms with Gasteiger partial charge in [-0.1, -0.05) is 0 Å². The summed E-state index contributed by atoms with van der Waals surface area (Å²) in [5, 5.41) is 123. The molecular weight excluding hydrogens is 712 g/mol. The van der Waals surface area contributed by atoms with Gasteiger partial charge in [0.05, 0.1) is 0 Å². The number of methoxy groups -OCH3 is 2. The maximum Gasteiger partial charge on any atom is 0.335 e. The highest BCUT2D eigenvalue weighted by atomic mass is 16.8. The summed E-state index contributed by atoms with van der Waals surface area (Å²) >= 11 is 0. The van der Waals surface area contributed by atoms with Crippen LogP contribution in [0.3, 0.4) is 0 Å². The van der Waals surface area contributed by atoms with Gasteiger partial charge in [0.15, 0.2) is 49.6 Å².